The van der Waals surface area contributed by atoms with Crippen LogP contribution in [0.3, 0.4) is 0 Å². The number of anilines is 1. The first-order chi connectivity index (χ1) is 13.0. The number of benzene rings is 1. The summed E-state index contributed by atoms with van der Waals surface area (Å²) in [6, 6.07) is 3.15. The van der Waals surface area contributed by atoms with Gasteiger partial charge in [0.25, 0.3) is 5.91 Å². The molecule has 3 aromatic rings. The van der Waals surface area contributed by atoms with Crippen molar-refractivity contribution in [2.24, 2.45) is 0 Å². The summed E-state index contributed by atoms with van der Waals surface area (Å²) in [5.41, 5.74) is 0.778. The molecular formula is C17H13F2N5O2S. The van der Waals surface area contributed by atoms with Crippen molar-refractivity contribution in [2.75, 3.05) is 5.32 Å². The molecule has 10 heteroatoms. The highest BCUT2D eigenvalue weighted by atomic mass is 32.1. The van der Waals surface area contributed by atoms with Gasteiger partial charge in [0.05, 0.1) is 18.3 Å². The largest absolute Gasteiger partial charge is 0.352 e. The number of carbonyl (C=O) groups excluding carboxylic acids is 2. The van der Waals surface area contributed by atoms with Gasteiger partial charge in [-0.25, -0.2) is 18.7 Å². The van der Waals surface area contributed by atoms with Crippen LogP contribution in [0.4, 0.5) is 13.9 Å². The molecule has 0 atom stereocenters. The lowest BCUT2D eigenvalue weighted by Gasteiger charge is -2.05. The Morgan fingerprint density at radius 3 is 2.78 bits per heavy atom. The van der Waals surface area contributed by atoms with E-state index in [-0.39, 0.29) is 30.1 Å². The number of hydrogen-bond donors (Lipinski definition) is 2. The van der Waals surface area contributed by atoms with Crippen LogP contribution in [0.15, 0.2) is 42.2 Å². The Bertz CT molecular complexity index is 965. The van der Waals surface area contributed by atoms with E-state index in [0.29, 0.717) is 10.8 Å². The van der Waals surface area contributed by atoms with E-state index in [1.165, 1.54) is 24.7 Å². The average molecular weight is 389 g/mol. The third kappa shape index (κ3) is 5.11. The predicted molar refractivity (Wildman–Crippen MR) is 94.0 cm³/mol. The van der Waals surface area contributed by atoms with Crippen molar-refractivity contribution in [3.05, 3.63) is 70.8 Å². The van der Waals surface area contributed by atoms with Gasteiger partial charge in [0.2, 0.25) is 5.91 Å². The Morgan fingerprint density at radius 1 is 1.19 bits per heavy atom. The molecule has 0 fully saturated rings. The number of halogens is 2. The van der Waals surface area contributed by atoms with Gasteiger partial charge in [0.15, 0.2) is 5.13 Å². The van der Waals surface area contributed by atoms with Gasteiger partial charge in [0.1, 0.15) is 17.3 Å². The van der Waals surface area contributed by atoms with Crippen LogP contribution >= 0.6 is 11.3 Å². The Balaban J connectivity index is 1.52. The van der Waals surface area contributed by atoms with E-state index in [4.69, 9.17) is 0 Å². The standard InChI is InChI=1S/C17H13F2N5O2S/c18-11-2-1-10(13(19)5-11)7-22-15(25)6-12-9-27-17(23-12)24-16(26)14-8-20-3-4-21-14/h1-5,8-9H,6-7H2,(H,22,25)(H,23,24,26). The van der Waals surface area contributed by atoms with Crippen LogP contribution in [0.25, 0.3) is 0 Å². The van der Waals surface area contributed by atoms with Crippen LogP contribution in [-0.2, 0) is 17.8 Å². The fourth-order valence-electron chi connectivity index (χ4n) is 2.11. The second kappa shape index (κ2) is 8.41. The molecule has 0 radical (unpaired) electrons. The van der Waals surface area contributed by atoms with E-state index in [2.05, 4.69) is 25.6 Å². The summed E-state index contributed by atoms with van der Waals surface area (Å²) in [6.45, 7) is -0.0641. The molecule has 0 saturated heterocycles. The molecular weight excluding hydrogens is 376 g/mol. The van der Waals surface area contributed by atoms with Gasteiger partial charge < -0.3 is 5.32 Å². The Morgan fingerprint density at radius 2 is 2.04 bits per heavy atom. The van der Waals surface area contributed by atoms with Crippen molar-refractivity contribution in [3.8, 4) is 0 Å². The van der Waals surface area contributed by atoms with Gasteiger partial charge in [-0.15, -0.1) is 11.3 Å². The van der Waals surface area contributed by atoms with Crippen molar-refractivity contribution in [1.29, 1.82) is 0 Å². The van der Waals surface area contributed by atoms with E-state index >= 15 is 0 Å². The van der Waals surface area contributed by atoms with Crippen molar-refractivity contribution in [1.82, 2.24) is 20.3 Å². The van der Waals surface area contributed by atoms with Crippen LogP contribution in [0, 0.1) is 11.6 Å². The first-order valence-electron chi connectivity index (χ1n) is 7.73. The Labute approximate surface area is 156 Å². The van der Waals surface area contributed by atoms with E-state index in [1.54, 1.807) is 5.38 Å². The molecule has 138 valence electrons. The highest BCUT2D eigenvalue weighted by molar-refractivity contribution is 7.14. The molecule has 0 unspecified atom stereocenters. The lowest BCUT2D eigenvalue weighted by molar-refractivity contribution is -0.120. The molecule has 2 heterocycles. The van der Waals surface area contributed by atoms with Gasteiger partial charge in [-0.1, -0.05) is 6.07 Å². The van der Waals surface area contributed by atoms with Crippen LogP contribution < -0.4 is 10.6 Å². The molecule has 0 aliphatic heterocycles. The minimum Gasteiger partial charge on any atom is -0.352 e. The highest BCUT2D eigenvalue weighted by Crippen LogP contribution is 2.16. The van der Waals surface area contributed by atoms with Crippen molar-refractivity contribution in [3.63, 3.8) is 0 Å². The van der Waals surface area contributed by atoms with Gasteiger partial charge in [-0.05, 0) is 6.07 Å². The molecule has 7 nitrogen and oxygen atoms in total. The normalized spacial score (nSPS) is 10.4. The first kappa shape index (κ1) is 18.5. The zero-order valence-electron chi connectivity index (χ0n) is 13.8. The van der Waals surface area contributed by atoms with Crippen LogP contribution in [-0.4, -0.2) is 26.8 Å². The maximum atomic E-state index is 13.5. The molecule has 1 aromatic carbocycles. The molecule has 2 amide bonds. The molecule has 2 aromatic heterocycles. The minimum absolute atomic E-state index is 0.0413. The summed E-state index contributed by atoms with van der Waals surface area (Å²) in [4.78, 5) is 35.8. The quantitative estimate of drug-likeness (QED) is 0.674. The van der Waals surface area contributed by atoms with E-state index in [9.17, 15) is 18.4 Å². The molecule has 3 rings (SSSR count). The summed E-state index contributed by atoms with van der Waals surface area (Å²) in [5, 5.41) is 7.06. The van der Waals surface area contributed by atoms with Gasteiger partial charge in [-0.2, -0.15) is 0 Å². The van der Waals surface area contributed by atoms with Gasteiger partial charge >= 0.3 is 0 Å². The summed E-state index contributed by atoms with van der Waals surface area (Å²) < 4.78 is 26.4. The molecule has 0 aliphatic rings. The maximum absolute atomic E-state index is 13.5. The van der Waals surface area contributed by atoms with Crippen molar-refractivity contribution in [2.45, 2.75) is 13.0 Å². The number of nitrogens with zero attached hydrogens (tertiary/aromatic N) is 3. The number of hydrogen-bond acceptors (Lipinski definition) is 6. The monoisotopic (exact) mass is 389 g/mol. The minimum atomic E-state index is -0.724. The highest BCUT2D eigenvalue weighted by Gasteiger charge is 2.12. The van der Waals surface area contributed by atoms with E-state index in [1.807, 2.05) is 0 Å². The number of nitrogens with one attached hydrogen (secondary N) is 2. The van der Waals surface area contributed by atoms with Gasteiger partial charge in [-0.3, -0.25) is 19.9 Å². The summed E-state index contributed by atoms with van der Waals surface area (Å²) in [6.07, 6.45) is 4.14. The summed E-state index contributed by atoms with van der Waals surface area (Å²) in [5.74, 6) is -2.24. The summed E-state index contributed by atoms with van der Waals surface area (Å²) in [7, 11) is 0. The maximum Gasteiger partial charge on any atom is 0.277 e. The first-order valence-corrected chi connectivity index (χ1v) is 8.61. The number of amides is 2. The topological polar surface area (TPSA) is 96.9 Å². The SMILES string of the molecule is O=C(Cc1csc(NC(=O)c2cnccn2)n1)NCc1ccc(F)cc1F. The lowest BCUT2D eigenvalue weighted by atomic mass is 10.2. The number of rotatable bonds is 6. The lowest BCUT2D eigenvalue weighted by Crippen LogP contribution is -2.25. The second-order valence-electron chi connectivity index (χ2n) is 5.38. The van der Waals surface area contributed by atoms with Gasteiger partial charge in [0, 0.05) is 35.9 Å². The van der Waals surface area contributed by atoms with Crippen molar-refractivity contribution < 1.29 is 18.4 Å². The molecule has 0 bridgehead atoms. The number of carbonyl (C=O) groups is 2. The van der Waals surface area contributed by atoms with Crippen LogP contribution in [0.5, 0.6) is 0 Å². The zero-order valence-corrected chi connectivity index (χ0v) is 14.6. The molecule has 0 aliphatic carbocycles. The Hall–Kier alpha value is -3.27. The molecule has 0 saturated carbocycles. The smallest absolute Gasteiger partial charge is 0.277 e. The van der Waals surface area contributed by atoms with E-state index in [0.717, 1.165) is 23.5 Å². The fraction of sp³-hybridized carbons (Fsp3) is 0.118. The number of thiazole rings is 1. The molecule has 27 heavy (non-hydrogen) atoms. The second-order valence-corrected chi connectivity index (χ2v) is 6.24. The Kier molecular flexibility index (Phi) is 5.77. The predicted octanol–water partition coefficient (Wildman–Crippen LogP) is 2.32. The average Bonchev–Trinajstić information content (AvgIpc) is 3.08. The molecule has 2 N–H and O–H groups in total. The van der Waals surface area contributed by atoms with Crippen LogP contribution in [0.1, 0.15) is 21.7 Å². The van der Waals surface area contributed by atoms with E-state index < -0.39 is 17.5 Å². The third-order valence-electron chi connectivity index (χ3n) is 3.40. The summed E-state index contributed by atoms with van der Waals surface area (Å²) >= 11 is 1.16. The third-order valence-corrected chi connectivity index (χ3v) is 4.21. The zero-order chi connectivity index (χ0) is 19.2. The van der Waals surface area contributed by atoms with Crippen molar-refractivity contribution >= 4 is 28.3 Å². The van der Waals surface area contributed by atoms with Crippen LogP contribution in [0.2, 0.25) is 0 Å². The number of aromatic nitrogens is 3. The molecule has 0 spiro atoms. The fourth-order valence-corrected chi connectivity index (χ4v) is 2.81.